The number of sulfonamides is 1. The maximum Gasteiger partial charge on any atom is 0.325 e. The molecule has 0 radical (unpaired) electrons. The van der Waals surface area contributed by atoms with E-state index >= 15 is 0 Å². The van der Waals surface area contributed by atoms with Gasteiger partial charge >= 0.3 is 5.97 Å². The fourth-order valence-electron chi connectivity index (χ4n) is 2.32. The zero-order valence-electron chi connectivity index (χ0n) is 11.6. The van der Waals surface area contributed by atoms with Crippen molar-refractivity contribution in [3.05, 3.63) is 11.4 Å². The van der Waals surface area contributed by atoms with Gasteiger partial charge in [-0.05, 0) is 13.8 Å². The summed E-state index contributed by atoms with van der Waals surface area (Å²) in [6, 6.07) is -0.510. The van der Waals surface area contributed by atoms with E-state index in [1.54, 1.807) is 0 Å². The van der Waals surface area contributed by atoms with Crippen molar-refractivity contribution < 1.29 is 23.1 Å². The molecule has 21 heavy (non-hydrogen) atoms. The van der Waals surface area contributed by atoms with E-state index in [9.17, 15) is 18.0 Å². The lowest BCUT2D eigenvalue weighted by molar-refractivity contribution is -0.138. The molecule has 0 aromatic carbocycles. The van der Waals surface area contributed by atoms with Gasteiger partial charge in [0, 0.05) is 19.0 Å². The van der Waals surface area contributed by atoms with E-state index in [0.717, 1.165) is 4.68 Å². The molecule has 0 saturated carbocycles. The number of carboxylic acids is 1. The molecule has 0 spiro atoms. The quantitative estimate of drug-likeness (QED) is 0.622. The van der Waals surface area contributed by atoms with Crippen molar-refractivity contribution in [3.63, 3.8) is 0 Å². The number of aryl methyl sites for hydroxylation is 1. The third-order valence-corrected chi connectivity index (χ3v) is 4.94. The average molecular weight is 316 g/mol. The van der Waals surface area contributed by atoms with Gasteiger partial charge in [0.05, 0.1) is 11.4 Å². The number of hydrogen-bond acceptors (Lipinski definition) is 5. The first-order valence-electron chi connectivity index (χ1n) is 6.25. The average Bonchev–Trinajstić information content (AvgIpc) is 2.82. The van der Waals surface area contributed by atoms with Crippen molar-refractivity contribution in [3.8, 4) is 0 Å². The minimum atomic E-state index is -3.86. The van der Waals surface area contributed by atoms with Crippen LogP contribution < -0.4 is 10.0 Å². The summed E-state index contributed by atoms with van der Waals surface area (Å²) >= 11 is 0. The fraction of sp³-hybridized carbons (Fsp3) is 0.545. The summed E-state index contributed by atoms with van der Waals surface area (Å²) in [5, 5.41) is 15.3. The number of amides is 1. The van der Waals surface area contributed by atoms with E-state index in [1.165, 1.54) is 13.8 Å². The third kappa shape index (κ3) is 3.22. The number of aliphatic carboxylic acids is 1. The Hall–Kier alpha value is -1.94. The summed E-state index contributed by atoms with van der Waals surface area (Å²) in [7, 11) is -3.86. The lowest BCUT2D eigenvalue weighted by Crippen LogP contribution is -2.36. The van der Waals surface area contributed by atoms with Gasteiger partial charge < -0.3 is 10.4 Å². The van der Waals surface area contributed by atoms with Gasteiger partial charge in [0.1, 0.15) is 11.4 Å². The maximum atomic E-state index is 12.4. The smallest absolute Gasteiger partial charge is 0.325 e. The SMILES string of the molecule is Cc1nn(CC(=O)O)c(C)c1S(=O)(=O)NC1CNC(=O)C1. The van der Waals surface area contributed by atoms with Crippen molar-refractivity contribution in [2.24, 2.45) is 0 Å². The van der Waals surface area contributed by atoms with Crippen LogP contribution in [0.25, 0.3) is 0 Å². The summed E-state index contributed by atoms with van der Waals surface area (Å²) < 4.78 is 28.3. The number of nitrogens with zero attached hydrogens (tertiary/aromatic N) is 2. The number of nitrogens with one attached hydrogen (secondary N) is 2. The lowest BCUT2D eigenvalue weighted by Gasteiger charge is -2.11. The normalized spacial score (nSPS) is 18.8. The summed E-state index contributed by atoms with van der Waals surface area (Å²) in [5.74, 6) is -1.32. The number of aromatic nitrogens is 2. The van der Waals surface area contributed by atoms with Gasteiger partial charge in [0.2, 0.25) is 15.9 Å². The van der Waals surface area contributed by atoms with Crippen LogP contribution in [0.3, 0.4) is 0 Å². The molecule has 1 fully saturated rings. The van der Waals surface area contributed by atoms with Crippen LogP contribution in [0.15, 0.2) is 4.90 Å². The van der Waals surface area contributed by atoms with Crippen molar-refractivity contribution in [2.75, 3.05) is 6.54 Å². The van der Waals surface area contributed by atoms with Gasteiger partial charge in [0.25, 0.3) is 0 Å². The van der Waals surface area contributed by atoms with Crippen LogP contribution in [-0.4, -0.2) is 47.8 Å². The molecule has 1 aliphatic heterocycles. The van der Waals surface area contributed by atoms with Gasteiger partial charge in [-0.1, -0.05) is 0 Å². The van der Waals surface area contributed by atoms with E-state index in [1.807, 2.05) is 0 Å². The molecule has 2 heterocycles. The molecule has 1 saturated heterocycles. The van der Waals surface area contributed by atoms with Crippen LogP contribution >= 0.6 is 0 Å². The molecule has 1 atom stereocenters. The largest absolute Gasteiger partial charge is 0.480 e. The Morgan fingerprint density at radius 2 is 2.19 bits per heavy atom. The Bertz CT molecular complexity index is 694. The monoisotopic (exact) mass is 316 g/mol. The topological polar surface area (TPSA) is 130 Å². The third-order valence-electron chi connectivity index (χ3n) is 3.17. The summed E-state index contributed by atoms with van der Waals surface area (Å²) in [6.45, 7) is 2.82. The highest BCUT2D eigenvalue weighted by atomic mass is 32.2. The van der Waals surface area contributed by atoms with Crippen LogP contribution in [0.1, 0.15) is 17.8 Å². The van der Waals surface area contributed by atoms with Gasteiger partial charge in [-0.15, -0.1) is 0 Å². The maximum absolute atomic E-state index is 12.4. The Labute approximate surface area is 121 Å². The number of rotatable bonds is 5. The van der Waals surface area contributed by atoms with Gasteiger partial charge in [0.15, 0.2) is 0 Å². The van der Waals surface area contributed by atoms with Crippen LogP contribution in [0.2, 0.25) is 0 Å². The second-order valence-corrected chi connectivity index (χ2v) is 6.53. The molecule has 1 aliphatic rings. The van der Waals surface area contributed by atoms with Crippen molar-refractivity contribution >= 4 is 21.9 Å². The Balaban J connectivity index is 2.29. The first-order chi connectivity index (χ1) is 9.70. The zero-order chi connectivity index (χ0) is 15.8. The van der Waals surface area contributed by atoms with Gasteiger partial charge in [-0.25, -0.2) is 13.1 Å². The molecule has 2 rings (SSSR count). The van der Waals surface area contributed by atoms with E-state index in [0.29, 0.717) is 0 Å². The summed E-state index contributed by atoms with van der Waals surface area (Å²) in [5.41, 5.74) is 0.471. The molecule has 1 amide bonds. The minimum Gasteiger partial charge on any atom is -0.480 e. The highest BCUT2D eigenvalue weighted by Crippen LogP contribution is 2.20. The van der Waals surface area contributed by atoms with Crippen molar-refractivity contribution in [2.45, 2.75) is 37.8 Å². The molecule has 1 aromatic rings. The van der Waals surface area contributed by atoms with Crippen LogP contribution in [0.5, 0.6) is 0 Å². The number of carbonyl (C=O) groups excluding carboxylic acids is 1. The molecule has 3 N–H and O–H groups in total. The molecule has 116 valence electrons. The zero-order valence-corrected chi connectivity index (χ0v) is 12.4. The van der Waals surface area contributed by atoms with Gasteiger partial charge in [-0.3, -0.25) is 14.3 Å². The number of carboxylic acid groups (broad SMARTS) is 1. The molecule has 10 heteroatoms. The van der Waals surface area contributed by atoms with E-state index < -0.39 is 28.6 Å². The number of hydrogen-bond donors (Lipinski definition) is 3. The first-order valence-corrected chi connectivity index (χ1v) is 7.74. The Kier molecular flexibility index (Phi) is 4.01. The predicted molar refractivity (Wildman–Crippen MR) is 71.1 cm³/mol. The second kappa shape index (κ2) is 5.45. The predicted octanol–water partition coefficient (Wildman–Crippen LogP) is -1.25. The highest BCUT2D eigenvalue weighted by molar-refractivity contribution is 7.89. The van der Waals surface area contributed by atoms with Crippen molar-refractivity contribution in [1.82, 2.24) is 19.8 Å². The molecule has 0 bridgehead atoms. The van der Waals surface area contributed by atoms with Crippen LogP contribution in [0, 0.1) is 13.8 Å². The highest BCUT2D eigenvalue weighted by Gasteiger charge is 2.30. The Morgan fingerprint density at radius 1 is 1.52 bits per heavy atom. The fourth-order valence-corrected chi connectivity index (χ4v) is 3.97. The first kappa shape index (κ1) is 15.4. The molecule has 1 unspecified atom stereocenters. The van der Waals surface area contributed by atoms with Crippen molar-refractivity contribution in [1.29, 1.82) is 0 Å². The van der Waals surface area contributed by atoms with E-state index in [2.05, 4.69) is 15.1 Å². The second-order valence-electron chi connectivity index (χ2n) is 4.88. The van der Waals surface area contributed by atoms with Crippen LogP contribution in [-0.2, 0) is 26.2 Å². The molecule has 1 aromatic heterocycles. The van der Waals surface area contributed by atoms with Gasteiger partial charge in [-0.2, -0.15) is 5.10 Å². The molecule has 9 nitrogen and oxygen atoms in total. The summed E-state index contributed by atoms with van der Waals surface area (Å²) in [4.78, 5) is 21.8. The van der Waals surface area contributed by atoms with Crippen LogP contribution in [0.4, 0.5) is 0 Å². The Morgan fingerprint density at radius 3 is 2.71 bits per heavy atom. The summed E-state index contributed by atoms with van der Waals surface area (Å²) in [6.07, 6.45) is 0.0839. The standard InChI is InChI=1S/C11H16N4O5S/c1-6-11(7(2)15(13-6)5-10(17)18)21(19,20)14-8-3-9(16)12-4-8/h8,14H,3-5H2,1-2H3,(H,12,16)(H,17,18). The van der Waals surface area contributed by atoms with E-state index in [4.69, 9.17) is 5.11 Å². The molecular formula is C11H16N4O5S. The number of carbonyl (C=O) groups is 2. The molecular weight excluding hydrogens is 300 g/mol. The molecule has 0 aliphatic carbocycles. The minimum absolute atomic E-state index is 0.0388. The van der Waals surface area contributed by atoms with E-state index in [-0.39, 0.29) is 35.2 Å². The lowest BCUT2D eigenvalue weighted by atomic mass is 10.3.